The first-order valence-electron chi connectivity index (χ1n) is 6.18. The van der Waals surface area contributed by atoms with Crippen LogP contribution in [0.5, 0.6) is 5.75 Å². The van der Waals surface area contributed by atoms with Gasteiger partial charge in [-0.3, -0.25) is 20.4 Å². The predicted octanol–water partition coefficient (Wildman–Crippen LogP) is 2.88. The third-order valence-corrected chi connectivity index (χ3v) is 3.69. The minimum atomic E-state index is -0.454. The smallest absolute Gasteiger partial charge is 0.279 e. The lowest BCUT2D eigenvalue weighted by Gasteiger charge is -2.09. The largest absolute Gasteiger partial charge is 0.492 e. The van der Waals surface area contributed by atoms with Crippen molar-refractivity contribution in [2.24, 2.45) is 0 Å². The van der Waals surface area contributed by atoms with Crippen molar-refractivity contribution in [2.75, 3.05) is 6.61 Å². The first kappa shape index (κ1) is 15.3. The summed E-state index contributed by atoms with van der Waals surface area (Å²) in [6, 6.07) is 8.10. The van der Waals surface area contributed by atoms with Gasteiger partial charge in [0, 0.05) is 5.56 Å². The molecule has 5 nitrogen and oxygen atoms in total. The molecule has 2 amide bonds. The zero-order valence-corrected chi connectivity index (χ0v) is 12.8. The van der Waals surface area contributed by atoms with Crippen LogP contribution in [-0.2, 0) is 0 Å². The molecule has 2 rings (SSSR count). The summed E-state index contributed by atoms with van der Waals surface area (Å²) in [5.41, 5.74) is 5.00. The molecule has 21 heavy (non-hydrogen) atoms. The Morgan fingerprint density at radius 3 is 2.62 bits per heavy atom. The van der Waals surface area contributed by atoms with Crippen molar-refractivity contribution < 1.29 is 14.3 Å². The standard InChI is InChI=1S/C14H13ClN2O3S/c1-2-20-11-6-5-9(8-10(11)15)13(18)16-17-14(19)12-4-3-7-21-12/h3-8H,2H2,1H3,(H,16,18)(H,17,19). The molecule has 0 aliphatic heterocycles. The zero-order valence-electron chi connectivity index (χ0n) is 11.2. The summed E-state index contributed by atoms with van der Waals surface area (Å²) < 4.78 is 5.29. The van der Waals surface area contributed by atoms with E-state index in [1.165, 1.54) is 17.4 Å². The number of amides is 2. The molecule has 0 atom stereocenters. The van der Waals surface area contributed by atoms with Crippen LogP contribution in [0.25, 0.3) is 0 Å². The molecule has 0 radical (unpaired) electrons. The number of nitrogens with one attached hydrogen (secondary N) is 2. The lowest BCUT2D eigenvalue weighted by molar-refractivity contribution is 0.0849. The first-order valence-corrected chi connectivity index (χ1v) is 7.44. The van der Waals surface area contributed by atoms with Crippen LogP contribution in [-0.4, -0.2) is 18.4 Å². The molecule has 0 saturated heterocycles. The van der Waals surface area contributed by atoms with Crippen molar-refractivity contribution in [1.29, 1.82) is 0 Å². The van der Waals surface area contributed by atoms with E-state index in [1.54, 1.807) is 29.6 Å². The summed E-state index contributed by atoms with van der Waals surface area (Å²) in [7, 11) is 0. The first-order chi connectivity index (χ1) is 10.1. The van der Waals surface area contributed by atoms with Gasteiger partial charge in [0.1, 0.15) is 5.75 Å². The Morgan fingerprint density at radius 2 is 2.00 bits per heavy atom. The van der Waals surface area contributed by atoms with Gasteiger partial charge in [-0.25, -0.2) is 0 Å². The van der Waals surface area contributed by atoms with Gasteiger partial charge < -0.3 is 4.74 Å². The summed E-state index contributed by atoms with van der Waals surface area (Å²) in [5.74, 6) is -0.307. The van der Waals surface area contributed by atoms with Gasteiger partial charge in [0.15, 0.2) is 0 Å². The molecule has 0 unspecified atom stereocenters. The van der Waals surface area contributed by atoms with Gasteiger partial charge in [-0.2, -0.15) is 0 Å². The van der Waals surface area contributed by atoms with Crippen LogP contribution >= 0.6 is 22.9 Å². The van der Waals surface area contributed by atoms with Crippen molar-refractivity contribution >= 4 is 34.8 Å². The highest BCUT2D eigenvalue weighted by Gasteiger charge is 2.11. The molecule has 0 spiro atoms. The number of ether oxygens (including phenoxy) is 1. The monoisotopic (exact) mass is 324 g/mol. The van der Waals surface area contributed by atoms with Crippen molar-refractivity contribution in [2.45, 2.75) is 6.92 Å². The molecular formula is C14H13ClN2O3S. The Morgan fingerprint density at radius 1 is 1.24 bits per heavy atom. The van der Waals surface area contributed by atoms with Crippen LogP contribution in [0.4, 0.5) is 0 Å². The van der Waals surface area contributed by atoms with Crippen molar-refractivity contribution in [3.05, 3.63) is 51.2 Å². The number of rotatable bonds is 4. The Kier molecular flexibility index (Phi) is 5.19. The van der Waals surface area contributed by atoms with E-state index in [0.717, 1.165) is 0 Å². The van der Waals surface area contributed by atoms with Gasteiger partial charge in [0.05, 0.1) is 16.5 Å². The fourth-order valence-electron chi connectivity index (χ4n) is 1.57. The van der Waals surface area contributed by atoms with E-state index in [-0.39, 0.29) is 5.91 Å². The molecule has 110 valence electrons. The van der Waals surface area contributed by atoms with Gasteiger partial charge in [-0.05, 0) is 36.6 Å². The van der Waals surface area contributed by atoms with E-state index in [2.05, 4.69) is 10.9 Å². The molecule has 7 heteroatoms. The molecule has 0 bridgehead atoms. The second kappa shape index (κ2) is 7.10. The summed E-state index contributed by atoms with van der Waals surface area (Å²) >= 11 is 7.29. The second-order valence-corrected chi connectivity index (χ2v) is 5.32. The summed E-state index contributed by atoms with van der Waals surface area (Å²) in [6.07, 6.45) is 0. The molecule has 0 saturated carbocycles. The molecule has 1 aromatic heterocycles. The molecule has 2 N–H and O–H groups in total. The van der Waals surface area contributed by atoms with Gasteiger partial charge in [-0.15, -0.1) is 11.3 Å². The molecule has 1 aromatic carbocycles. The topological polar surface area (TPSA) is 67.4 Å². The predicted molar refractivity (Wildman–Crippen MR) is 81.9 cm³/mol. The van der Waals surface area contributed by atoms with E-state index in [9.17, 15) is 9.59 Å². The number of thiophene rings is 1. The normalized spacial score (nSPS) is 10.0. The second-order valence-electron chi connectivity index (χ2n) is 3.96. The van der Waals surface area contributed by atoms with E-state index in [0.29, 0.717) is 27.8 Å². The Hall–Kier alpha value is -2.05. The van der Waals surface area contributed by atoms with Crippen LogP contribution in [0.15, 0.2) is 35.7 Å². The fraction of sp³-hybridized carbons (Fsp3) is 0.143. The van der Waals surface area contributed by atoms with Crippen LogP contribution < -0.4 is 15.6 Å². The average Bonchev–Trinajstić information content (AvgIpc) is 3.01. The van der Waals surface area contributed by atoms with E-state index < -0.39 is 5.91 Å². The molecule has 0 aliphatic carbocycles. The van der Waals surface area contributed by atoms with E-state index in [1.807, 2.05) is 6.92 Å². The van der Waals surface area contributed by atoms with Crippen molar-refractivity contribution in [3.63, 3.8) is 0 Å². The van der Waals surface area contributed by atoms with Crippen molar-refractivity contribution in [3.8, 4) is 5.75 Å². The summed E-state index contributed by atoms with van der Waals surface area (Å²) in [6.45, 7) is 2.33. The number of hydrogen-bond acceptors (Lipinski definition) is 4. The van der Waals surface area contributed by atoms with Gasteiger partial charge >= 0.3 is 0 Å². The van der Waals surface area contributed by atoms with Crippen LogP contribution in [0.2, 0.25) is 5.02 Å². The van der Waals surface area contributed by atoms with Crippen molar-refractivity contribution in [1.82, 2.24) is 10.9 Å². The lowest BCUT2D eigenvalue weighted by atomic mass is 10.2. The number of carbonyl (C=O) groups is 2. The summed E-state index contributed by atoms with van der Waals surface area (Å²) in [4.78, 5) is 24.1. The maximum Gasteiger partial charge on any atom is 0.279 e. The molecule has 0 aliphatic rings. The summed E-state index contributed by atoms with van der Waals surface area (Å²) in [5, 5.41) is 2.12. The van der Waals surface area contributed by atoms with Crippen LogP contribution in [0.1, 0.15) is 27.0 Å². The Balaban J connectivity index is 1.97. The Labute approximate surface area is 130 Å². The SMILES string of the molecule is CCOc1ccc(C(=O)NNC(=O)c2cccs2)cc1Cl. The maximum atomic E-state index is 11.9. The number of benzene rings is 1. The Bertz CT molecular complexity index is 644. The van der Waals surface area contributed by atoms with E-state index >= 15 is 0 Å². The fourth-order valence-corrected chi connectivity index (χ4v) is 2.42. The lowest BCUT2D eigenvalue weighted by Crippen LogP contribution is -2.41. The average molecular weight is 325 g/mol. The molecule has 2 aromatic rings. The molecule has 0 fully saturated rings. The van der Waals surface area contributed by atoms with Crippen LogP contribution in [0, 0.1) is 0 Å². The molecular weight excluding hydrogens is 312 g/mol. The number of carbonyl (C=O) groups excluding carboxylic acids is 2. The van der Waals surface area contributed by atoms with E-state index in [4.69, 9.17) is 16.3 Å². The van der Waals surface area contributed by atoms with Crippen LogP contribution in [0.3, 0.4) is 0 Å². The number of halogens is 1. The highest BCUT2D eigenvalue weighted by atomic mass is 35.5. The number of hydrogen-bond donors (Lipinski definition) is 2. The third-order valence-electron chi connectivity index (χ3n) is 2.53. The van der Waals surface area contributed by atoms with Gasteiger partial charge in [-0.1, -0.05) is 17.7 Å². The van der Waals surface area contributed by atoms with Gasteiger partial charge in [0.2, 0.25) is 0 Å². The quantitative estimate of drug-likeness (QED) is 0.850. The highest BCUT2D eigenvalue weighted by molar-refractivity contribution is 7.12. The molecule has 1 heterocycles. The van der Waals surface area contributed by atoms with Gasteiger partial charge in [0.25, 0.3) is 11.8 Å². The maximum absolute atomic E-state index is 11.9. The highest BCUT2D eigenvalue weighted by Crippen LogP contribution is 2.25. The minimum Gasteiger partial charge on any atom is -0.492 e. The third kappa shape index (κ3) is 3.96. The minimum absolute atomic E-state index is 0.329. The zero-order chi connectivity index (χ0) is 15.2. The number of hydrazine groups is 1.